The summed E-state index contributed by atoms with van der Waals surface area (Å²) in [4.78, 5) is 28.6. The van der Waals surface area contributed by atoms with Crippen LogP contribution in [0, 0.1) is 0 Å². The average Bonchev–Trinajstić information content (AvgIpc) is 2.60. The number of nitrogens with zero attached hydrogens (tertiary/aromatic N) is 4. The molecule has 1 atom stereocenters. The van der Waals surface area contributed by atoms with Gasteiger partial charge in [0.1, 0.15) is 11.6 Å². The van der Waals surface area contributed by atoms with Gasteiger partial charge in [-0.15, -0.1) is 5.10 Å². The molecule has 2 heterocycles. The molecule has 0 aliphatic carbocycles. The second-order valence-electron chi connectivity index (χ2n) is 5.11. The maximum absolute atomic E-state index is 12.4. The van der Waals surface area contributed by atoms with Crippen LogP contribution in [0.5, 0.6) is 0 Å². The van der Waals surface area contributed by atoms with E-state index in [0.717, 1.165) is 10.2 Å². The molecule has 0 spiro atoms. The molecule has 0 aliphatic heterocycles. The Morgan fingerprint density at radius 3 is 2.74 bits per heavy atom. The fourth-order valence-corrected chi connectivity index (χ4v) is 2.20. The normalized spacial score (nSPS) is 12.0. The third-order valence-corrected chi connectivity index (χ3v) is 3.55. The minimum atomic E-state index is -0.749. The van der Waals surface area contributed by atoms with Crippen molar-refractivity contribution >= 4 is 16.8 Å². The maximum atomic E-state index is 12.4. The molecule has 0 radical (unpaired) electrons. The van der Waals surface area contributed by atoms with Gasteiger partial charge in [0.25, 0.3) is 5.56 Å². The van der Waals surface area contributed by atoms with Crippen molar-refractivity contribution in [2.75, 3.05) is 0 Å². The van der Waals surface area contributed by atoms with E-state index in [1.807, 2.05) is 12.1 Å². The van der Waals surface area contributed by atoms with E-state index < -0.39 is 6.04 Å². The molecule has 0 bridgehead atoms. The first-order valence-electron chi connectivity index (χ1n) is 7.17. The van der Waals surface area contributed by atoms with Crippen LogP contribution >= 0.6 is 0 Å². The van der Waals surface area contributed by atoms with Gasteiger partial charge in [-0.3, -0.25) is 14.6 Å². The first kappa shape index (κ1) is 14.8. The molecule has 2 aromatic heterocycles. The van der Waals surface area contributed by atoms with Gasteiger partial charge in [0, 0.05) is 18.9 Å². The van der Waals surface area contributed by atoms with E-state index in [1.165, 1.54) is 0 Å². The molecule has 3 aromatic rings. The van der Waals surface area contributed by atoms with Crippen molar-refractivity contribution in [3.05, 3.63) is 64.7 Å². The number of fused-ring (bicyclic) bond motifs is 1. The van der Waals surface area contributed by atoms with Crippen molar-refractivity contribution < 1.29 is 4.79 Å². The Labute approximate surface area is 132 Å². The minimum Gasteiger partial charge on any atom is -0.350 e. The summed E-state index contributed by atoms with van der Waals surface area (Å²) in [6.45, 7) is 1.98. The maximum Gasteiger partial charge on any atom is 0.278 e. The monoisotopic (exact) mass is 309 g/mol. The molecule has 3 rings (SSSR count). The highest BCUT2D eigenvalue weighted by atomic mass is 16.2. The summed E-state index contributed by atoms with van der Waals surface area (Å²) in [5, 5.41) is 11.1. The number of amides is 1. The lowest BCUT2D eigenvalue weighted by atomic mass is 10.2. The lowest BCUT2D eigenvalue weighted by molar-refractivity contribution is -0.124. The van der Waals surface area contributed by atoms with Crippen LogP contribution in [0.4, 0.5) is 0 Å². The number of pyridine rings is 1. The predicted molar refractivity (Wildman–Crippen MR) is 84.6 cm³/mol. The molecule has 0 saturated heterocycles. The quantitative estimate of drug-likeness (QED) is 0.778. The Balaban J connectivity index is 1.80. The van der Waals surface area contributed by atoms with Crippen molar-refractivity contribution in [2.24, 2.45) is 0 Å². The predicted octanol–water partition coefficient (Wildman–Crippen LogP) is 1.06. The van der Waals surface area contributed by atoms with Crippen molar-refractivity contribution in [3.8, 4) is 0 Å². The van der Waals surface area contributed by atoms with Crippen LogP contribution in [-0.4, -0.2) is 25.9 Å². The largest absolute Gasteiger partial charge is 0.350 e. The fraction of sp³-hybridized carbons (Fsp3) is 0.188. The highest BCUT2D eigenvalue weighted by Crippen LogP contribution is 2.07. The summed E-state index contributed by atoms with van der Waals surface area (Å²) in [5.74, 6) is -0.298. The fourth-order valence-electron chi connectivity index (χ4n) is 2.20. The summed E-state index contributed by atoms with van der Waals surface area (Å²) in [7, 11) is 0. The summed E-state index contributed by atoms with van der Waals surface area (Å²) in [6.07, 6.45) is 3.31. The zero-order valence-corrected chi connectivity index (χ0v) is 12.5. The lowest BCUT2D eigenvalue weighted by Gasteiger charge is -2.13. The van der Waals surface area contributed by atoms with Gasteiger partial charge in [-0.2, -0.15) is 4.68 Å². The van der Waals surface area contributed by atoms with E-state index in [2.05, 4.69) is 20.6 Å². The van der Waals surface area contributed by atoms with Gasteiger partial charge in [0.15, 0.2) is 0 Å². The molecular formula is C16H15N5O2. The Hall–Kier alpha value is -3.09. The summed E-state index contributed by atoms with van der Waals surface area (Å²) >= 11 is 0. The van der Waals surface area contributed by atoms with E-state index in [4.69, 9.17) is 0 Å². The Bertz CT molecular complexity index is 892. The number of carbonyl (C=O) groups excluding carboxylic acids is 1. The number of hydrogen-bond acceptors (Lipinski definition) is 5. The van der Waals surface area contributed by atoms with Crippen LogP contribution in [0.2, 0.25) is 0 Å². The van der Waals surface area contributed by atoms with Crippen LogP contribution in [-0.2, 0) is 11.3 Å². The molecule has 0 unspecified atom stereocenters. The molecule has 1 N–H and O–H groups in total. The molecule has 7 nitrogen and oxygen atoms in total. The Morgan fingerprint density at radius 2 is 1.96 bits per heavy atom. The summed E-state index contributed by atoms with van der Waals surface area (Å²) < 4.78 is 1.10. The second-order valence-corrected chi connectivity index (χ2v) is 5.11. The van der Waals surface area contributed by atoms with Crippen molar-refractivity contribution in [2.45, 2.75) is 19.5 Å². The smallest absolute Gasteiger partial charge is 0.278 e. The van der Waals surface area contributed by atoms with Crippen LogP contribution in [0.15, 0.2) is 53.6 Å². The van der Waals surface area contributed by atoms with Crippen molar-refractivity contribution in [1.82, 2.24) is 25.3 Å². The van der Waals surface area contributed by atoms with E-state index in [1.54, 1.807) is 43.6 Å². The molecule has 1 amide bonds. The molecule has 0 fully saturated rings. The van der Waals surface area contributed by atoms with Crippen molar-refractivity contribution in [1.29, 1.82) is 0 Å². The van der Waals surface area contributed by atoms with Gasteiger partial charge in [0.05, 0.1) is 5.39 Å². The topological polar surface area (TPSA) is 89.8 Å². The first-order chi connectivity index (χ1) is 11.2. The molecule has 0 aliphatic rings. The first-order valence-corrected chi connectivity index (χ1v) is 7.17. The van der Waals surface area contributed by atoms with Gasteiger partial charge in [-0.25, -0.2) is 0 Å². The second kappa shape index (κ2) is 6.35. The van der Waals surface area contributed by atoms with E-state index >= 15 is 0 Å². The third kappa shape index (κ3) is 3.08. The van der Waals surface area contributed by atoms with E-state index in [9.17, 15) is 9.59 Å². The summed E-state index contributed by atoms with van der Waals surface area (Å²) in [6, 6.07) is 9.80. The zero-order valence-electron chi connectivity index (χ0n) is 12.5. The number of rotatable bonds is 4. The molecule has 1 aromatic carbocycles. The SMILES string of the molecule is C[C@@H](C(=O)NCc1ccncc1)n1nnc2ccccc2c1=O. The van der Waals surface area contributed by atoms with Gasteiger partial charge in [0.2, 0.25) is 5.91 Å². The van der Waals surface area contributed by atoms with Crippen LogP contribution in [0.1, 0.15) is 18.5 Å². The van der Waals surface area contributed by atoms with Crippen molar-refractivity contribution in [3.63, 3.8) is 0 Å². The number of hydrogen-bond donors (Lipinski definition) is 1. The lowest BCUT2D eigenvalue weighted by Crippen LogP contribution is -2.37. The zero-order chi connectivity index (χ0) is 16.2. The highest BCUT2D eigenvalue weighted by molar-refractivity contribution is 5.81. The number of benzene rings is 1. The van der Waals surface area contributed by atoms with Crippen LogP contribution in [0.25, 0.3) is 10.9 Å². The number of carbonyl (C=O) groups is 1. The highest BCUT2D eigenvalue weighted by Gasteiger charge is 2.18. The average molecular weight is 309 g/mol. The van der Waals surface area contributed by atoms with Gasteiger partial charge >= 0.3 is 0 Å². The Morgan fingerprint density at radius 1 is 1.22 bits per heavy atom. The van der Waals surface area contributed by atoms with E-state index in [-0.39, 0.29) is 11.5 Å². The number of aromatic nitrogens is 4. The van der Waals surface area contributed by atoms with Gasteiger partial charge < -0.3 is 5.32 Å². The molecule has 116 valence electrons. The molecular weight excluding hydrogens is 294 g/mol. The molecule has 7 heteroatoms. The van der Waals surface area contributed by atoms with Gasteiger partial charge in [-0.05, 0) is 36.8 Å². The van der Waals surface area contributed by atoms with E-state index in [0.29, 0.717) is 17.4 Å². The molecule has 0 saturated carbocycles. The van der Waals surface area contributed by atoms with Gasteiger partial charge in [-0.1, -0.05) is 17.3 Å². The number of nitrogens with one attached hydrogen (secondary N) is 1. The Kier molecular flexibility index (Phi) is 4.09. The standard InChI is InChI=1S/C16H15N5O2/c1-11(15(22)18-10-12-6-8-17-9-7-12)21-16(23)13-4-2-3-5-14(13)19-20-21/h2-9,11H,10H2,1H3,(H,18,22)/t11-/m0/s1. The third-order valence-electron chi connectivity index (χ3n) is 3.55. The van der Waals surface area contributed by atoms with Crippen LogP contribution in [0.3, 0.4) is 0 Å². The minimum absolute atomic E-state index is 0.298. The van der Waals surface area contributed by atoms with Crippen LogP contribution < -0.4 is 10.9 Å². The summed E-state index contributed by atoms with van der Waals surface area (Å²) in [5.41, 5.74) is 1.11. The molecule has 23 heavy (non-hydrogen) atoms.